The van der Waals surface area contributed by atoms with Gasteiger partial charge in [-0.15, -0.1) is 0 Å². The van der Waals surface area contributed by atoms with Crippen LogP contribution in [0.3, 0.4) is 0 Å². The first kappa shape index (κ1) is 21.6. The third-order valence-electron chi connectivity index (χ3n) is 9.39. The van der Waals surface area contributed by atoms with Crippen molar-refractivity contribution >= 4 is 0 Å². The first-order valence-electron chi connectivity index (χ1n) is 12.2. The molecule has 1 nitrogen and oxygen atoms in total. The Hall–Kier alpha value is -1.60. The summed E-state index contributed by atoms with van der Waals surface area (Å²) in [5, 5.41) is 0. The fourth-order valence-corrected chi connectivity index (χ4v) is 7.20. The predicted octanol–water partition coefficient (Wildman–Crippen LogP) is 7.24. The van der Waals surface area contributed by atoms with E-state index in [-0.39, 0.29) is 16.4 Å². The second-order valence-electron chi connectivity index (χ2n) is 11.1. The van der Waals surface area contributed by atoms with Crippen molar-refractivity contribution in [2.75, 3.05) is 0 Å². The summed E-state index contributed by atoms with van der Waals surface area (Å²) in [5.41, 5.74) is 12.3. The second kappa shape index (κ2) is 7.83. The van der Waals surface area contributed by atoms with Gasteiger partial charge in [0.25, 0.3) is 0 Å². The molecule has 162 valence electrons. The lowest BCUT2D eigenvalue weighted by Crippen LogP contribution is -2.67. The molecular formula is C29H41N. The first-order valence-corrected chi connectivity index (χ1v) is 12.2. The summed E-state index contributed by atoms with van der Waals surface area (Å²) in [5.74, 6) is 1.71. The summed E-state index contributed by atoms with van der Waals surface area (Å²) in [6.45, 7) is 12.2. The maximum atomic E-state index is 7.60. The van der Waals surface area contributed by atoms with E-state index >= 15 is 0 Å². The molecule has 0 bridgehead atoms. The smallest absolute Gasteiger partial charge is 0.0278 e. The minimum Gasteiger partial charge on any atom is -0.324 e. The number of aryl methyl sites for hydroxylation is 1. The van der Waals surface area contributed by atoms with E-state index in [4.69, 9.17) is 5.73 Å². The number of nitrogens with two attached hydrogens (primary N) is 1. The Bertz CT molecular complexity index is 869. The molecule has 2 aliphatic rings. The zero-order chi connectivity index (χ0) is 21.6. The minimum atomic E-state index is -0.186. The van der Waals surface area contributed by atoms with Gasteiger partial charge in [0.1, 0.15) is 0 Å². The van der Waals surface area contributed by atoms with Crippen LogP contribution in [0, 0.1) is 17.3 Å². The Morgan fingerprint density at radius 2 is 1.63 bits per heavy atom. The molecule has 0 amide bonds. The summed E-state index contributed by atoms with van der Waals surface area (Å²) >= 11 is 0. The van der Waals surface area contributed by atoms with Gasteiger partial charge >= 0.3 is 0 Å². The van der Waals surface area contributed by atoms with E-state index in [0.717, 1.165) is 6.42 Å². The van der Waals surface area contributed by atoms with Gasteiger partial charge in [-0.3, -0.25) is 0 Å². The highest BCUT2D eigenvalue weighted by atomic mass is 14.9. The predicted molar refractivity (Wildman–Crippen MR) is 129 cm³/mol. The lowest BCUT2D eigenvalue weighted by molar-refractivity contribution is -0.0493. The molecule has 0 heterocycles. The molecule has 30 heavy (non-hydrogen) atoms. The summed E-state index contributed by atoms with van der Waals surface area (Å²) in [4.78, 5) is 0. The van der Waals surface area contributed by atoms with Crippen LogP contribution in [0.4, 0.5) is 0 Å². The molecule has 0 saturated heterocycles. The highest BCUT2D eigenvalue weighted by Gasteiger charge is 2.61. The van der Waals surface area contributed by atoms with E-state index in [1.807, 2.05) is 0 Å². The quantitative estimate of drug-likeness (QED) is 0.559. The van der Waals surface area contributed by atoms with Crippen molar-refractivity contribution in [1.29, 1.82) is 0 Å². The van der Waals surface area contributed by atoms with Crippen LogP contribution in [-0.2, 0) is 11.8 Å². The molecule has 0 spiro atoms. The Labute approximate surface area is 184 Å². The highest BCUT2D eigenvalue weighted by molar-refractivity contribution is 5.40. The summed E-state index contributed by atoms with van der Waals surface area (Å²) in [7, 11) is 0. The normalized spacial score (nSPS) is 32.0. The van der Waals surface area contributed by atoms with Gasteiger partial charge in [-0.25, -0.2) is 0 Å². The monoisotopic (exact) mass is 403 g/mol. The second-order valence-corrected chi connectivity index (χ2v) is 11.1. The van der Waals surface area contributed by atoms with Crippen molar-refractivity contribution < 1.29 is 0 Å². The van der Waals surface area contributed by atoms with Gasteiger partial charge in [-0.1, -0.05) is 95.6 Å². The number of hydrogen-bond donors (Lipinski definition) is 1. The van der Waals surface area contributed by atoms with Gasteiger partial charge in [0.15, 0.2) is 0 Å². The molecule has 1 saturated carbocycles. The Balaban J connectivity index is 1.77. The van der Waals surface area contributed by atoms with Gasteiger partial charge in [0, 0.05) is 11.5 Å². The van der Waals surface area contributed by atoms with Crippen molar-refractivity contribution in [3.8, 4) is 0 Å². The minimum absolute atomic E-state index is 0.0709. The molecular weight excluding hydrogens is 362 g/mol. The van der Waals surface area contributed by atoms with E-state index in [1.54, 1.807) is 11.1 Å². The molecule has 4 unspecified atom stereocenters. The molecule has 2 aliphatic carbocycles. The van der Waals surface area contributed by atoms with Gasteiger partial charge < -0.3 is 5.73 Å². The molecule has 2 N–H and O–H groups in total. The van der Waals surface area contributed by atoms with Crippen molar-refractivity contribution in [2.45, 2.75) is 90.0 Å². The maximum Gasteiger partial charge on any atom is 0.0278 e. The van der Waals surface area contributed by atoms with Crippen molar-refractivity contribution in [2.24, 2.45) is 23.0 Å². The fraction of sp³-hybridized carbons (Fsp3) is 0.586. The average Bonchev–Trinajstić information content (AvgIpc) is 2.75. The molecule has 2 aromatic rings. The molecule has 1 fully saturated rings. The zero-order valence-corrected chi connectivity index (χ0v) is 19.7. The van der Waals surface area contributed by atoms with Crippen molar-refractivity contribution in [1.82, 2.24) is 0 Å². The highest BCUT2D eigenvalue weighted by Crippen LogP contribution is 2.63. The van der Waals surface area contributed by atoms with E-state index in [9.17, 15) is 0 Å². The van der Waals surface area contributed by atoms with E-state index < -0.39 is 0 Å². The van der Waals surface area contributed by atoms with Crippen LogP contribution in [0.1, 0.15) is 89.3 Å². The van der Waals surface area contributed by atoms with Crippen LogP contribution in [0.2, 0.25) is 0 Å². The number of benzene rings is 2. The van der Waals surface area contributed by atoms with Crippen LogP contribution in [-0.4, -0.2) is 5.54 Å². The number of hydrogen-bond acceptors (Lipinski definition) is 1. The zero-order valence-electron chi connectivity index (χ0n) is 19.7. The molecule has 5 atom stereocenters. The Morgan fingerprint density at radius 1 is 0.967 bits per heavy atom. The van der Waals surface area contributed by atoms with Gasteiger partial charge in [0.2, 0.25) is 0 Å². The van der Waals surface area contributed by atoms with E-state index in [0.29, 0.717) is 17.8 Å². The largest absolute Gasteiger partial charge is 0.324 e. The summed E-state index contributed by atoms with van der Waals surface area (Å²) in [6, 6.07) is 20.4. The lowest BCUT2D eigenvalue weighted by Gasteiger charge is -2.64. The molecule has 1 heteroatoms. The standard InChI is InChI=1S/C29H41N/c1-6-21(2)20-25(22-12-8-7-9-13-22)29(30)19-18-28(5)24-15-11-10-14-23(24)16-17-26(28)27(29,3)4/h7-15,21,25-26H,6,16-20,30H2,1-5H3/t21?,25?,26?,28?,29-/m0/s1. The third-order valence-corrected chi connectivity index (χ3v) is 9.39. The molecule has 0 radical (unpaired) electrons. The third kappa shape index (κ3) is 3.25. The van der Waals surface area contributed by atoms with Crippen LogP contribution < -0.4 is 5.73 Å². The maximum absolute atomic E-state index is 7.60. The SMILES string of the molecule is CCC(C)CC(c1ccccc1)[C@@]1(N)CCC2(C)c3ccccc3CCC2C1(C)C. The molecule has 2 aromatic carbocycles. The van der Waals surface area contributed by atoms with Gasteiger partial charge in [-0.05, 0) is 71.5 Å². The van der Waals surface area contributed by atoms with Crippen LogP contribution in [0.15, 0.2) is 54.6 Å². The van der Waals surface area contributed by atoms with Crippen LogP contribution in [0.25, 0.3) is 0 Å². The summed E-state index contributed by atoms with van der Waals surface area (Å²) in [6.07, 6.45) is 7.13. The molecule has 0 aliphatic heterocycles. The topological polar surface area (TPSA) is 26.0 Å². The van der Waals surface area contributed by atoms with Crippen molar-refractivity contribution in [3.05, 3.63) is 71.3 Å². The summed E-state index contributed by atoms with van der Waals surface area (Å²) < 4.78 is 0. The lowest BCUT2D eigenvalue weighted by atomic mass is 9.42. The van der Waals surface area contributed by atoms with Gasteiger partial charge in [0.05, 0.1) is 0 Å². The first-order chi connectivity index (χ1) is 14.2. The van der Waals surface area contributed by atoms with E-state index in [1.165, 1.54) is 37.7 Å². The fourth-order valence-electron chi connectivity index (χ4n) is 7.20. The molecule has 4 rings (SSSR count). The average molecular weight is 404 g/mol. The Kier molecular flexibility index (Phi) is 5.64. The van der Waals surface area contributed by atoms with Gasteiger partial charge in [-0.2, -0.15) is 0 Å². The van der Waals surface area contributed by atoms with Crippen LogP contribution in [0.5, 0.6) is 0 Å². The number of fused-ring (bicyclic) bond motifs is 3. The van der Waals surface area contributed by atoms with Crippen molar-refractivity contribution in [3.63, 3.8) is 0 Å². The molecule has 0 aromatic heterocycles. The van der Waals surface area contributed by atoms with E-state index in [2.05, 4.69) is 89.2 Å². The van der Waals surface area contributed by atoms with Crippen LogP contribution >= 0.6 is 0 Å². The number of rotatable bonds is 5. The Morgan fingerprint density at radius 3 is 2.33 bits per heavy atom.